The van der Waals surface area contributed by atoms with Crippen LogP contribution in [0, 0.1) is 5.92 Å². The summed E-state index contributed by atoms with van der Waals surface area (Å²) in [5.74, 6) is 4.18. The number of nitrogens with two attached hydrogens (primary N) is 3. The second-order valence-electron chi connectivity index (χ2n) is 7.06. The quantitative estimate of drug-likeness (QED) is 0.0432. The summed E-state index contributed by atoms with van der Waals surface area (Å²) in [6.07, 6.45) is 0.858. The first-order valence-corrected chi connectivity index (χ1v) is 9.32. The molecular formula is C17H35N7O5. The van der Waals surface area contributed by atoms with Crippen molar-refractivity contribution in [2.24, 2.45) is 28.2 Å². The van der Waals surface area contributed by atoms with E-state index in [1.54, 1.807) is 6.92 Å². The minimum atomic E-state index is -0.871. The maximum absolute atomic E-state index is 12.5. The fourth-order valence-corrected chi connectivity index (χ4v) is 2.49. The molecule has 1 aliphatic rings. The Bertz CT molecular complexity index is 575. The van der Waals surface area contributed by atoms with E-state index in [-0.39, 0.29) is 24.2 Å². The number of ether oxygens (including phenoxy) is 1. The summed E-state index contributed by atoms with van der Waals surface area (Å²) >= 11 is 0. The van der Waals surface area contributed by atoms with Gasteiger partial charge in [-0.25, -0.2) is 5.43 Å². The molecule has 0 aromatic carbocycles. The number of epoxide rings is 1. The molecule has 10 N–H and O–H groups in total. The highest BCUT2D eigenvalue weighted by molar-refractivity contribution is 5.97. The third-order valence-corrected chi connectivity index (χ3v) is 4.25. The number of ketones is 1. The number of carbonyl (C=O) groups excluding carboxylic acids is 3. The van der Waals surface area contributed by atoms with Gasteiger partial charge >= 0.3 is 0 Å². The van der Waals surface area contributed by atoms with Gasteiger partial charge in [-0.1, -0.05) is 13.8 Å². The number of hydrogen-bond donors (Lipinski definition) is 7. The number of Topliss-reactive ketones (excluding diaryl/α,β-unsaturated/α-hetero) is 1. The number of aliphatic hydroxyl groups excluding tert-OH is 1. The number of amides is 2. The minimum Gasteiger partial charge on any atom is -0.400 e. The van der Waals surface area contributed by atoms with E-state index in [0.29, 0.717) is 26.0 Å². The number of hydrazine groups is 1. The van der Waals surface area contributed by atoms with Gasteiger partial charge in [-0.15, -0.1) is 0 Å². The average Bonchev–Trinajstić information content (AvgIpc) is 3.42. The Morgan fingerprint density at radius 2 is 1.83 bits per heavy atom. The third-order valence-electron chi connectivity index (χ3n) is 4.25. The molecule has 168 valence electrons. The molecule has 1 aliphatic heterocycles. The summed E-state index contributed by atoms with van der Waals surface area (Å²) in [5, 5.41) is 12.2. The molecule has 0 spiro atoms. The molecule has 1 heterocycles. The number of aliphatic hydroxyl groups is 1. The molecule has 0 radical (unpaired) electrons. The number of rotatable bonds is 12. The van der Waals surface area contributed by atoms with Gasteiger partial charge in [0.05, 0.1) is 19.2 Å². The smallest absolute Gasteiger partial charge is 0.239 e. The van der Waals surface area contributed by atoms with Crippen molar-refractivity contribution in [3.05, 3.63) is 0 Å². The van der Waals surface area contributed by atoms with Crippen molar-refractivity contribution < 1.29 is 24.2 Å². The molecule has 12 nitrogen and oxygen atoms in total. The van der Waals surface area contributed by atoms with Gasteiger partial charge in [0.15, 0.2) is 11.7 Å². The molecular weight excluding hydrogens is 382 g/mol. The number of aliphatic imine (C=N–C) groups is 1. The molecule has 3 unspecified atom stereocenters. The summed E-state index contributed by atoms with van der Waals surface area (Å²) in [7, 11) is 1.00. The highest BCUT2D eigenvalue weighted by Crippen LogP contribution is 2.29. The second-order valence-corrected chi connectivity index (χ2v) is 7.06. The second kappa shape index (κ2) is 13.0. The number of hydrogen-bond acceptors (Lipinski definition) is 8. The van der Waals surface area contributed by atoms with Crippen molar-refractivity contribution in [3.8, 4) is 0 Å². The Balaban J connectivity index is 0.00000379. The summed E-state index contributed by atoms with van der Waals surface area (Å²) in [6, 6.07) is -1.36. The SMILES string of the molecule is CC(C)C(NN)C(=O)NCC(=O)NC(CCCN=C(N)N)C(=O)C1(C)CO1.CO. The normalized spacial score (nSPS) is 19.3. The molecule has 0 aromatic rings. The maximum Gasteiger partial charge on any atom is 0.239 e. The van der Waals surface area contributed by atoms with E-state index < -0.39 is 29.5 Å². The van der Waals surface area contributed by atoms with E-state index in [9.17, 15) is 14.4 Å². The van der Waals surface area contributed by atoms with Gasteiger partial charge in [-0.2, -0.15) is 0 Å². The standard InChI is InChI=1S/C16H31N7O4.CH4O/c1-9(2)12(23-19)14(26)21-7-11(24)22-10(5-4-6-20-15(17)18)13(25)16(3)8-27-16;1-2/h9-10,12,23H,4-8,19H2,1-3H3,(H,21,26)(H,22,24)(H4,17,18,20);2H,1H3. The first-order chi connectivity index (χ1) is 13.6. The van der Waals surface area contributed by atoms with E-state index in [1.165, 1.54) is 0 Å². The Hall–Kier alpha value is -2.28. The van der Waals surface area contributed by atoms with E-state index >= 15 is 0 Å². The molecule has 1 fully saturated rings. The van der Waals surface area contributed by atoms with Crippen molar-refractivity contribution in [1.82, 2.24) is 16.1 Å². The van der Waals surface area contributed by atoms with Crippen LogP contribution < -0.4 is 33.4 Å². The predicted octanol–water partition coefficient (Wildman–Crippen LogP) is -2.90. The van der Waals surface area contributed by atoms with Crippen LogP contribution in [-0.4, -0.2) is 73.2 Å². The summed E-state index contributed by atoms with van der Waals surface area (Å²) < 4.78 is 5.18. The van der Waals surface area contributed by atoms with Crippen LogP contribution in [0.2, 0.25) is 0 Å². The van der Waals surface area contributed by atoms with Crippen molar-refractivity contribution in [1.29, 1.82) is 0 Å². The first-order valence-electron chi connectivity index (χ1n) is 9.32. The monoisotopic (exact) mass is 417 g/mol. The molecule has 1 saturated heterocycles. The van der Waals surface area contributed by atoms with Crippen molar-refractivity contribution >= 4 is 23.6 Å². The molecule has 12 heteroatoms. The van der Waals surface area contributed by atoms with Gasteiger partial charge in [0.2, 0.25) is 11.8 Å². The highest BCUT2D eigenvalue weighted by Gasteiger charge is 2.49. The number of guanidine groups is 1. The highest BCUT2D eigenvalue weighted by atomic mass is 16.6. The van der Waals surface area contributed by atoms with E-state index in [4.69, 9.17) is 27.2 Å². The van der Waals surface area contributed by atoms with E-state index in [2.05, 4.69) is 21.1 Å². The first kappa shape index (κ1) is 26.7. The Kier molecular flexibility index (Phi) is 12.0. The minimum absolute atomic E-state index is 0.0321. The average molecular weight is 418 g/mol. The maximum atomic E-state index is 12.5. The molecule has 0 bridgehead atoms. The molecule has 0 saturated carbocycles. The summed E-state index contributed by atoms with van der Waals surface area (Å²) in [4.78, 5) is 40.6. The van der Waals surface area contributed by atoms with Crippen molar-refractivity contribution in [2.45, 2.75) is 51.3 Å². The molecule has 2 amide bonds. The number of nitrogens with zero attached hydrogens (tertiary/aromatic N) is 1. The third kappa shape index (κ3) is 9.65. The Morgan fingerprint density at radius 1 is 1.24 bits per heavy atom. The fraction of sp³-hybridized carbons (Fsp3) is 0.765. The van der Waals surface area contributed by atoms with Gasteiger partial charge in [-0.05, 0) is 25.7 Å². The van der Waals surface area contributed by atoms with Gasteiger partial charge in [0.25, 0.3) is 0 Å². The van der Waals surface area contributed by atoms with Crippen LogP contribution in [0.25, 0.3) is 0 Å². The fourth-order valence-electron chi connectivity index (χ4n) is 2.49. The molecule has 3 atom stereocenters. The van der Waals surface area contributed by atoms with Crippen LogP contribution in [0.4, 0.5) is 0 Å². The zero-order valence-electron chi connectivity index (χ0n) is 17.5. The summed E-state index contributed by atoms with van der Waals surface area (Å²) in [5.41, 5.74) is 12.1. The predicted molar refractivity (Wildman–Crippen MR) is 108 cm³/mol. The Labute approximate surface area is 171 Å². The number of carbonyl (C=O) groups is 3. The summed E-state index contributed by atoms with van der Waals surface area (Å²) in [6.45, 7) is 5.72. The van der Waals surface area contributed by atoms with Crippen LogP contribution in [0.3, 0.4) is 0 Å². The van der Waals surface area contributed by atoms with Crippen molar-refractivity contribution in [2.75, 3.05) is 26.8 Å². The van der Waals surface area contributed by atoms with Gasteiger partial charge in [-0.3, -0.25) is 25.2 Å². The van der Waals surface area contributed by atoms with Crippen LogP contribution in [-0.2, 0) is 19.1 Å². The zero-order valence-corrected chi connectivity index (χ0v) is 17.5. The number of nitrogens with one attached hydrogen (secondary N) is 3. The topological polar surface area (TPSA) is 210 Å². The lowest BCUT2D eigenvalue weighted by Crippen LogP contribution is -2.53. The van der Waals surface area contributed by atoms with Crippen LogP contribution in [0.15, 0.2) is 4.99 Å². The van der Waals surface area contributed by atoms with Crippen molar-refractivity contribution in [3.63, 3.8) is 0 Å². The van der Waals surface area contributed by atoms with Crippen LogP contribution >= 0.6 is 0 Å². The zero-order chi connectivity index (χ0) is 22.6. The van der Waals surface area contributed by atoms with Gasteiger partial charge in [0, 0.05) is 13.7 Å². The van der Waals surface area contributed by atoms with Crippen LogP contribution in [0.5, 0.6) is 0 Å². The lowest BCUT2D eigenvalue weighted by molar-refractivity contribution is -0.131. The molecule has 0 aliphatic carbocycles. The van der Waals surface area contributed by atoms with Gasteiger partial charge < -0.3 is 31.9 Å². The van der Waals surface area contributed by atoms with E-state index in [1.807, 2.05) is 13.8 Å². The van der Waals surface area contributed by atoms with Crippen LogP contribution in [0.1, 0.15) is 33.6 Å². The molecule has 29 heavy (non-hydrogen) atoms. The molecule has 1 rings (SSSR count). The van der Waals surface area contributed by atoms with Gasteiger partial charge in [0.1, 0.15) is 11.6 Å². The molecule has 0 aromatic heterocycles. The lowest BCUT2D eigenvalue weighted by Gasteiger charge is -2.21. The van der Waals surface area contributed by atoms with E-state index in [0.717, 1.165) is 7.11 Å². The Morgan fingerprint density at radius 3 is 2.28 bits per heavy atom. The largest absolute Gasteiger partial charge is 0.400 e. The lowest BCUT2D eigenvalue weighted by atomic mass is 9.97.